The van der Waals surface area contributed by atoms with Gasteiger partial charge in [-0.3, -0.25) is 4.79 Å². The minimum Gasteiger partial charge on any atom is -0.453 e. The minimum atomic E-state index is -0.679. The van der Waals surface area contributed by atoms with Gasteiger partial charge in [0, 0.05) is 12.2 Å². The topological polar surface area (TPSA) is 125 Å². The number of hydrogen-bond acceptors (Lipinski definition) is 7. The molecule has 1 aliphatic rings. The largest absolute Gasteiger partial charge is 0.453 e. The number of imidazole rings is 1. The summed E-state index contributed by atoms with van der Waals surface area (Å²) in [7, 11) is 1.30. The maximum Gasteiger partial charge on any atom is 0.407 e. The molecule has 2 aromatic heterocycles. The van der Waals surface area contributed by atoms with Crippen molar-refractivity contribution in [3.8, 4) is 11.1 Å². The lowest BCUT2D eigenvalue weighted by Crippen LogP contribution is -2.51. The van der Waals surface area contributed by atoms with E-state index in [0.717, 1.165) is 74.0 Å². The van der Waals surface area contributed by atoms with E-state index >= 15 is 0 Å². The van der Waals surface area contributed by atoms with Crippen LogP contribution in [0.1, 0.15) is 38.6 Å². The molecule has 2 atom stereocenters. The predicted molar refractivity (Wildman–Crippen MR) is 180 cm³/mol. The van der Waals surface area contributed by atoms with Crippen LogP contribution in [-0.2, 0) is 9.53 Å². The summed E-state index contributed by atoms with van der Waals surface area (Å²) < 4.78 is 4.77. The molecule has 0 radical (unpaired) electrons. The van der Waals surface area contributed by atoms with Crippen molar-refractivity contribution >= 4 is 56.2 Å². The highest BCUT2D eigenvalue weighted by molar-refractivity contribution is 6.12. The molecule has 6 aromatic rings. The molecule has 10 heteroatoms. The van der Waals surface area contributed by atoms with E-state index in [2.05, 4.69) is 62.0 Å². The van der Waals surface area contributed by atoms with Crippen LogP contribution in [0.25, 0.3) is 43.8 Å². The number of carbonyl (C=O) groups excluding carboxylic acids is 2. The van der Waals surface area contributed by atoms with Gasteiger partial charge in [-0.2, -0.15) is 0 Å². The molecular weight excluding hydrogens is 578 g/mol. The van der Waals surface area contributed by atoms with Crippen LogP contribution in [0, 0.1) is 5.92 Å². The number of aromatic amines is 1. The lowest BCUT2D eigenvalue weighted by molar-refractivity contribution is -0.135. The summed E-state index contributed by atoms with van der Waals surface area (Å²) in [6, 6.07) is 25.9. The Morgan fingerprint density at radius 1 is 0.957 bits per heavy atom. The summed E-state index contributed by atoms with van der Waals surface area (Å²) in [5, 5.41) is 9.29. The second-order valence-corrected chi connectivity index (χ2v) is 12.0. The smallest absolute Gasteiger partial charge is 0.407 e. The lowest BCUT2D eigenvalue weighted by atomic mass is 9.98. The zero-order valence-electron chi connectivity index (χ0n) is 25.9. The van der Waals surface area contributed by atoms with Crippen molar-refractivity contribution < 1.29 is 14.3 Å². The zero-order valence-corrected chi connectivity index (χ0v) is 25.9. The lowest BCUT2D eigenvalue weighted by Gasteiger charge is -2.29. The number of fused-ring (bicyclic) bond motifs is 4. The molecule has 4 aromatic carbocycles. The normalized spacial score (nSPS) is 15.5. The predicted octanol–water partition coefficient (Wildman–Crippen LogP) is 7.11. The summed E-state index contributed by atoms with van der Waals surface area (Å²) in [6.45, 7) is 4.43. The number of likely N-dealkylation sites (tertiary alicyclic amines) is 1. The molecule has 0 bridgehead atoms. The van der Waals surface area contributed by atoms with Gasteiger partial charge in [-0.25, -0.2) is 19.7 Å². The fourth-order valence-electron chi connectivity index (χ4n) is 6.37. The van der Waals surface area contributed by atoms with Crippen molar-refractivity contribution in [2.45, 2.75) is 38.8 Å². The van der Waals surface area contributed by atoms with Crippen molar-refractivity contribution in [3.63, 3.8) is 0 Å². The van der Waals surface area contributed by atoms with Crippen molar-refractivity contribution in [3.05, 3.63) is 91.0 Å². The van der Waals surface area contributed by atoms with Crippen LogP contribution in [-0.4, -0.2) is 56.5 Å². The molecule has 46 heavy (non-hydrogen) atoms. The van der Waals surface area contributed by atoms with Gasteiger partial charge in [-0.15, -0.1) is 0 Å². The molecule has 0 aliphatic carbocycles. The van der Waals surface area contributed by atoms with Gasteiger partial charge in [0.05, 0.1) is 35.1 Å². The SMILES string of the molecule is COC(=O)N[C@H](C(=O)N1CCC[C@@H]1c1nc2ccc(-c3ccc4ccc5ncnc(Nc6ccccc6)c5c4c3)cc2[nH]1)C(C)C. The number of H-pyrrole nitrogens is 1. The van der Waals surface area contributed by atoms with E-state index in [1.54, 1.807) is 6.33 Å². The maximum absolute atomic E-state index is 13.6. The first-order valence-electron chi connectivity index (χ1n) is 15.5. The van der Waals surface area contributed by atoms with Crippen LogP contribution in [0.5, 0.6) is 0 Å². The number of aromatic nitrogens is 4. The van der Waals surface area contributed by atoms with Gasteiger partial charge in [0.1, 0.15) is 24.0 Å². The van der Waals surface area contributed by atoms with Crippen molar-refractivity contribution in [2.24, 2.45) is 5.92 Å². The number of benzene rings is 4. The fraction of sp³-hybridized carbons (Fsp3) is 0.250. The Morgan fingerprint density at radius 2 is 1.72 bits per heavy atom. The second-order valence-electron chi connectivity index (χ2n) is 12.0. The Hall–Kier alpha value is -5.51. The molecule has 3 N–H and O–H groups in total. The summed E-state index contributed by atoms with van der Waals surface area (Å²) in [6.07, 6.45) is 2.63. The zero-order chi connectivity index (χ0) is 31.8. The molecule has 7 rings (SSSR count). The first-order valence-corrected chi connectivity index (χ1v) is 15.5. The molecular formula is C36H35N7O3. The molecule has 2 amide bonds. The number of anilines is 2. The molecule has 0 spiro atoms. The fourth-order valence-corrected chi connectivity index (χ4v) is 6.37. The highest BCUT2D eigenvalue weighted by Gasteiger charge is 2.37. The number of nitrogens with one attached hydrogen (secondary N) is 3. The first-order chi connectivity index (χ1) is 22.4. The summed E-state index contributed by atoms with van der Waals surface area (Å²) in [4.78, 5) is 45.0. The van der Waals surface area contributed by atoms with Gasteiger partial charge in [0.2, 0.25) is 5.91 Å². The number of rotatable bonds is 7. The van der Waals surface area contributed by atoms with Gasteiger partial charge >= 0.3 is 6.09 Å². The molecule has 3 heterocycles. The first kappa shape index (κ1) is 29.2. The molecule has 232 valence electrons. The van der Waals surface area contributed by atoms with Crippen LogP contribution in [0.15, 0.2) is 85.2 Å². The van der Waals surface area contributed by atoms with Crippen molar-refractivity contribution in [1.82, 2.24) is 30.2 Å². The molecule has 1 fully saturated rings. The highest BCUT2D eigenvalue weighted by atomic mass is 16.5. The number of carbonyl (C=O) groups is 2. The second kappa shape index (κ2) is 12.1. The number of alkyl carbamates (subject to hydrolysis) is 1. The number of ether oxygens (including phenoxy) is 1. The van der Waals surface area contributed by atoms with Gasteiger partial charge < -0.3 is 25.3 Å². The van der Waals surface area contributed by atoms with Crippen molar-refractivity contribution in [2.75, 3.05) is 19.0 Å². The van der Waals surface area contributed by atoms with E-state index in [4.69, 9.17) is 9.72 Å². The average Bonchev–Trinajstić information content (AvgIpc) is 3.74. The maximum atomic E-state index is 13.6. The quantitative estimate of drug-likeness (QED) is 0.164. The molecule has 1 aliphatic heterocycles. The Labute approximate surface area is 266 Å². The van der Waals surface area contributed by atoms with E-state index in [0.29, 0.717) is 6.54 Å². The number of para-hydroxylation sites is 1. The van der Waals surface area contributed by atoms with Crippen LogP contribution in [0.4, 0.5) is 16.3 Å². The molecule has 1 saturated heterocycles. The number of hydrogen-bond donors (Lipinski definition) is 3. The van der Waals surface area contributed by atoms with E-state index in [1.165, 1.54) is 7.11 Å². The van der Waals surface area contributed by atoms with E-state index in [1.807, 2.05) is 61.2 Å². The van der Waals surface area contributed by atoms with Crippen LogP contribution < -0.4 is 10.6 Å². The average molecular weight is 614 g/mol. The Bertz CT molecular complexity index is 2080. The minimum absolute atomic E-state index is 0.0954. The number of amides is 2. The number of methoxy groups -OCH3 is 1. The molecule has 10 nitrogen and oxygen atoms in total. The summed E-state index contributed by atoms with van der Waals surface area (Å²) >= 11 is 0. The Kier molecular flexibility index (Phi) is 7.69. The molecule has 0 unspecified atom stereocenters. The Morgan fingerprint density at radius 3 is 2.52 bits per heavy atom. The van der Waals surface area contributed by atoms with Crippen LogP contribution in [0.2, 0.25) is 0 Å². The highest BCUT2D eigenvalue weighted by Crippen LogP contribution is 2.36. The third kappa shape index (κ3) is 5.47. The standard InChI is InChI=1S/C36H35N7O3/c1-21(2)32(42-36(45)46-3)35(44)43-17-7-10-30(43)33-40-27-15-14-24(19-29(27)41-33)23-12-11-22-13-16-28-31(26(22)18-23)34(38-20-37-28)39-25-8-5-4-6-9-25/h4-6,8-9,11-16,18-21,30,32H,7,10,17H2,1-3H3,(H,40,41)(H,42,45)(H,37,38,39)/t30-,32+/m1/s1. The van der Waals surface area contributed by atoms with Gasteiger partial charge in [-0.1, -0.05) is 56.3 Å². The summed E-state index contributed by atoms with van der Waals surface area (Å²) in [5.41, 5.74) is 5.64. The molecule has 0 saturated carbocycles. The third-order valence-electron chi connectivity index (χ3n) is 8.73. The Balaban J connectivity index is 1.22. The van der Waals surface area contributed by atoms with E-state index in [-0.39, 0.29) is 17.9 Å². The van der Waals surface area contributed by atoms with Crippen LogP contribution in [0.3, 0.4) is 0 Å². The van der Waals surface area contributed by atoms with Gasteiger partial charge in [-0.05, 0) is 77.1 Å². The van der Waals surface area contributed by atoms with E-state index < -0.39 is 12.1 Å². The van der Waals surface area contributed by atoms with E-state index in [9.17, 15) is 9.59 Å². The van der Waals surface area contributed by atoms with Crippen molar-refractivity contribution in [1.29, 1.82) is 0 Å². The number of nitrogens with zero attached hydrogens (tertiary/aromatic N) is 4. The van der Waals surface area contributed by atoms with Gasteiger partial charge in [0.25, 0.3) is 0 Å². The third-order valence-corrected chi connectivity index (χ3v) is 8.73. The van der Waals surface area contributed by atoms with Gasteiger partial charge in [0.15, 0.2) is 0 Å². The monoisotopic (exact) mass is 613 g/mol. The van der Waals surface area contributed by atoms with Crippen LogP contribution >= 0.6 is 0 Å². The summed E-state index contributed by atoms with van der Waals surface area (Å²) in [5.74, 6) is 1.28.